The van der Waals surface area contributed by atoms with Gasteiger partial charge in [0.25, 0.3) is 5.91 Å². The molecule has 0 bridgehead atoms. The molecule has 2 aromatic heterocycles. The highest BCUT2D eigenvalue weighted by Crippen LogP contribution is 2.33. The van der Waals surface area contributed by atoms with Gasteiger partial charge in [-0.3, -0.25) is 4.79 Å². The highest BCUT2D eigenvalue weighted by Gasteiger charge is 2.40. The second-order valence-electron chi connectivity index (χ2n) is 5.05. The molecule has 3 aromatic rings. The fourth-order valence-corrected chi connectivity index (χ4v) is 2.89. The molecule has 0 saturated heterocycles. The number of carbonyl (C=O) groups is 1. The van der Waals surface area contributed by atoms with Crippen LogP contribution in [0.15, 0.2) is 48.0 Å². The predicted octanol–water partition coefficient (Wildman–Crippen LogP) is 4.02. The quantitative estimate of drug-likeness (QED) is 0.706. The zero-order valence-electron chi connectivity index (χ0n) is 12.5. The minimum absolute atomic E-state index is 0.00559. The first kappa shape index (κ1) is 17.2. The number of thiophene rings is 1. The van der Waals surface area contributed by atoms with Crippen molar-refractivity contribution in [2.75, 3.05) is 0 Å². The lowest BCUT2D eigenvalue weighted by molar-refractivity contribution is -0.143. The third-order valence-corrected chi connectivity index (χ3v) is 4.23. The SMILES string of the molecule is O=C(NCc1cccs1)c1cnn(-c2ccc(F)cc2)c1C(F)(F)F. The molecule has 0 fully saturated rings. The molecule has 25 heavy (non-hydrogen) atoms. The Bertz CT molecular complexity index is 870. The Kier molecular flexibility index (Phi) is 4.58. The molecule has 2 heterocycles. The molecule has 3 rings (SSSR count). The van der Waals surface area contributed by atoms with Crippen molar-refractivity contribution in [2.24, 2.45) is 0 Å². The van der Waals surface area contributed by atoms with E-state index < -0.39 is 29.2 Å². The number of rotatable bonds is 4. The summed E-state index contributed by atoms with van der Waals surface area (Å²) in [5.74, 6) is -1.47. The molecular formula is C16H11F4N3OS. The number of alkyl halides is 3. The third kappa shape index (κ3) is 3.71. The molecule has 0 aliphatic rings. The highest BCUT2D eigenvalue weighted by molar-refractivity contribution is 7.09. The van der Waals surface area contributed by atoms with Gasteiger partial charge in [0.2, 0.25) is 0 Å². The topological polar surface area (TPSA) is 46.9 Å². The average molecular weight is 369 g/mol. The van der Waals surface area contributed by atoms with Gasteiger partial charge in [0, 0.05) is 4.88 Å². The van der Waals surface area contributed by atoms with Crippen LogP contribution in [-0.4, -0.2) is 15.7 Å². The van der Waals surface area contributed by atoms with E-state index in [4.69, 9.17) is 0 Å². The average Bonchev–Trinajstić information content (AvgIpc) is 3.22. The highest BCUT2D eigenvalue weighted by atomic mass is 32.1. The van der Waals surface area contributed by atoms with Crippen LogP contribution >= 0.6 is 11.3 Å². The fraction of sp³-hybridized carbons (Fsp3) is 0.125. The van der Waals surface area contributed by atoms with Gasteiger partial charge in [0.15, 0.2) is 5.69 Å². The van der Waals surface area contributed by atoms with E-state index >= 15 is 0 Å². The zero-order chi connectivity index (χ0) is 18.0. The molecule has 130 valence electrons. The molecule has 1 amide bonds. The number of nitrogens with zero attached hydrogens (tertiary/aromatic N) is 2. The maximum Gasteiger partial charge on any atom is 0.434 e. The Hall–Kier alpha value is -2.68. The van der Waals surface area contributed by atoms with Crippen molar-refractivity contribution in [1.82, 2.24) is 15.1 Å². The Morgan fingerprint density at radius 1 is 1.20 bits per heavy atom. The smallest absolute Gasteiger partial charge is 0.347 e. The molecule has 0 aliphatic heterocycles. The van der Waals surface area contributed by atoms with Crippen LogP contribution in [0.4, 0.5) is 17.6 Å². The van der Waals surface area contributed by atoms with Crippen LogP contribution in [0.25, 0.3) is 5.69 Å². The molecule has 0 atom stereocenters. The van der Waals surface area contributed by atoms with Crippen molar-refractivity contribution in [2.45, 2.75) is 12.7 Å². The van der Waals surface area contributed by atoms with Gasteiger partial charge >= 0.3 is 6.18 Å². The van der Waals surface area contributed by atoms with Gasteiger partial charge < -0.3 is 5.32 Å². The molecule has 1 aromatic carbocycles. The Morgan fingerprint density at radius 2 is 1.92 bits per heavy atom. The summed E-state index contributed by atoms with van der Waals surface area (Å²) >= 11 is 1.38. The molecule has 0 aliphatic carbocycles. The molecule has 0 radical (unpaired) electrons. The first-order valence-corrected chi connectivity index (χ1v) is 7.96. The van der Waals surface area contributed by atoms with Crippen molar-refractivity contribution in [3.63, 3.8) is 0 Å². The summed E-state index contributed by atoms with van der Waals surface area (Å²) in [6.45, 7) is 0.121. The number of halogens is 4. The molecule has 0 saturated carbocycles. The Balaban J connectivity index is 1.94. The van der Waals surface area contributed by atoms with Crippen molar-refractivity contribution < 1.29 is 22.4 Å². The lowest BCUT2D eigenvalue weighted by Gasteiger charge is -2.12. The fourth-order valence-electron chi connectivity index (χ4n) is 2.24. The van der Waals surface area contributed by atoms with Gasteiger partial charge in [-0.25, -0.2) is 9.07 Å². The molecule has 0 spiro atoms. The largest absolute Gasteiger partial charge is 0.434 e. The maximum absolute atomic E-state index is 13.5. The predicted molar refractivity (Wildman–Crippen MR) is 84.0 cm³/mol. The Morgan fingerprint density at radius 3 is 2.52 bits per heavy atom. The number of aromatic nitrogens is 2. The molecule has 0 unspecified atom stereocenters. The molecular weight excluding hydrogens is 358 g/mol. The number of nitrogens with one attached hydrogen (secondary N) is 1. The first-order chi connectivity index (χ1) is 11.9. The van der Waals surface area contributed by atoms with Gasteiger partial charge in [-0.15, -0.1) is 11.3 Å². The summed E-state index contributed by atoms with van der Waals surface area (Å²) < 4.78 is 54.0. The van der Waals surface area contributed by atoms with E-state index in [1.807, 2.05) is 0 Å². The van der Waals surface area contributed by atoms with Gasteiger partial charge in [-0.2, -0.15) is 18.3 Å². The van der Waals surface area contributed by atoms with E-state index in [-0.39, 0.29) is 12.2 Å². The first-order valence-electron chi connectivity index (χ1n) is 7.08. The van der Waals surface area contributed by atoms with Crippen LogP contribution < -0.4 is 5.32 Å². The minimum Gasteiger partial charge on any atom is -0.347 e. The van der Waals surface area contributed by atoms with Gasteiger partial charge in [0.05, 0.1) is 24.0 Å². The van der Waals surface area contributed by atoms with E-state index in [0.717, 1.165) is 35.3 Å². The summed E-state index contributed by atoms with van der Waals surface area (Å²) in [5, 5.41) is 7.91. The van der Waals surface area contributed by atoms with Gasteiger partial charge in [-0.1, -0.05) is 6.07 Å². The summed E-state index contributed by atoms with van der Waals surface area (Å²) in [6, 6.07) is 7.90. The molecule has 4 nitrogen and oxygen atoms in total. The molecule has 1 N–H and O–H groups in total. The van der Waals surface area contributed by atoms with E-state index in [1.54, 1.807) is 17.5 Å². The van der Waals surface area contributed by atoms with Crippen LogP contribution in [0.1, 0.15) is 20.9 Å². The number of carbonyl (C=O) groups excluding carboxylic acids is 1. The van der Waals surface area contributed by atoms with E-state index in [0.29, 0.717) is 4.68 Å². The second kappa shape index (κ2) is 6.67. The summed E-state index contributed by atoms with van der Waals surface area (Å²) in [6.07, 6.45) is -3.95. The molecule has 9 heteroatoms. The summed E-state index contributed by atoms with van der Waals surface area (Å²) in [4.78, 5) is 13.0. The third-order valence-electron chi connectivity index (χ3n) is 3.36. The van der Waals surface area contributed by atoms with E-state index in [2.05, 4.69) is 10.4 Å². The number of benzene rings is 1. The lowest BCUT2D eigenvalue weighted by Crippen LogP contribution is -2.26. The number of hydrogen-bond donors (Lipinski definition) is 1. The van der Waals surface area contributed by atoms with Crippen molar-refractivity contribution in [1.29, 1.82) is 0 Å². The zero-order valence-corrected chi connectivity index (χ0v) is 13.4. The summed E-state index contributed by atoms with van der Waals surface area (Å²) in [7, 11) is 0. The van der Waals surface area contributed by atoms with Crippen molar-refractivity contribution in [3.8, 4) is 5.69 Å². The van der Waals surface area contributed by atoms with E-state index in [9.17, 15) is 22.4 Å². The lowest BCUT2D eigenvalue weighted by atomic mass is 10.2. The maximum atomic E-state index is 13.5. The van der Waals surface area contributed by atoms with E-state index in [1.165, 1.54) is 11.3 Å². The van der Waals surface area contributed by atoms with Gasteiger partial charge in [-0.05, 0) is 35.7 Å². The van der Waals surface area contributed by atoms with Crippen LogP contribution in [0.5, 0.6) is 0 Å². The normalized spacial score (nSPS) is 11.5. The van der Waals surface area contributed by atoms with Crippen molar-refractivity contribution >= 4 is 17.2 Å². The number of hydrogen-bond acceptors (Lipinski definition) is 3. The van der Waals surface area contributed by atoms with Crippen LogP contribution in [-0.2, 0) is 12.7 Å². The standard InChI is InChI=1S/C16H11F4N3OS/c17-10-3-5-11(6-4-10)23-14(16(18,19)20)13(9-22-23)15(24)21-8-12-2-1-7-25-12/h1-7,9H,8H2,(H,21,24). The van der Waals surface area contributed by atoms with Crippen molar-refractivity contribution in [3.05, 3.63) is 69.9 Å². The minimum atomic E-state index is -4.81. The van der Waals surface area contributed by atoms with Crippen LogP contribution in [0.2, 0.25) is 0 Å². The van der Waals surface area contributed by atoms with Crippen LogP contribution in [0.3, 0.4) is 0 Å². The Labute approximate surface area is 143 Å². The summed E-state index contributed by atoms with van der Waals surface area (Å²) in [5.41, 5.74) is -1.79. The number of amides is 1. The van der Waals surface area contributed by atoms with Gasteiger partial charge in [0.1, 0.15) is 5.82 Å². The monoisotopic (exact) mass is 369 g/mol. The second-order valence-corrected chi connectivity index (χ2v) is 6.09. The van der Waals surface area contributed by atoms with Crippen LogP contribution in [0, 0.1) is 5.82 Å².